The highest BCUT2D eigenvalue weighted by molar-refractivity contribution is 5.75. The molecule has 24 heavy (non-hydrogen) atoms. The number of hydrogen-bond acceptors (Lipinski definition) is 5. The van der Waals surface area contributed by atoms with E-state index in [0.717, 1.165) is 26.1 Å². The summed E-state index contributed by atoms with van der Waals surface area (Å²) in [7, 11) is 0. The average molecular weight is 327 g/mol. The molecule has 0 bridgehead atoms. The van der Waals surface area contributed by atoms with E-state index in [1.54, 1.807) is 12.4 Å². The summed E-state index contributed by atoms with van der Waals surface area (Å²) in [5.74, 6) is 0.975. The molecular formula is C17H21N5O2. The van der Waals surface area contributed by atoms with Crippen LogP contribution >= 0.6 is 0 Å². The number of amides is 1. The summed E-state index contributed by atoms with van der Waals surface area (Å²) in [5.41, 5.74) is 1.22. The Bertz CT molecular complexity index is 696. The Morgan fingerprint density at radius 3 is 2.92 bits per heavy atom. The van der Waals surface area contributed by atoms with Gasteiger partial charge in [0.25, 0.3) is 0 Å². The molecule has 4 rings (SSSR count). The van der Waals surface area contributed by atoms with Crippen molar-refractivity contribution in [1.29, 1.82) is 0 Å². The fourth-order valence-corrected chi connectivity index (χ4v) is 3.41. The molecule has 126 valence electrons. The fourth-order valence-electron chi connectivity index (χ4n) is 3.41. The molecular weight excluding hydrogens is 306 g/mol. The van der Waals surface area contributed by atoms with Crippen LogP contribution in [0.25, 0.3) is 0 Å². The number of hydroxylamine groups is 2. The largest absolute Gasteiger partial charge is 0.349 e. The topological polar surface area (TPSA) is 63.5 Å². The van der Waals surface area contributed by atoms with Gasteiger partial charge < -0.3 is 9.47 Å². The number of aromatic nitrogens is 3. The van der Waals surface area contributed by atoms with Crippen LogP contribution in [-0.2, 0) is 22.7 Å². The normalized spacial score (nSPS) is 20.8. The van der Waals surface area contributed by atoms with Crippen LogP contribution in [0.1, 0.15) is 18.5 Å². The molecule has 0 saturated carbocycles. The van der Waals surface area contributed by atoms with Gasteiger partial charge in [-0.3, -0.25) is 9.63 Å². The number of carbonyl (C=O) groups is 1. The van der Waals surface area contributed by atoms with Gasteiger partial charge in [0, 0.05) is 49.7 Å². The van der Waals surface area contributed by atoms with Crippen LogP contribution in [0, 0.1) is 5.92 Å². The molecule has 2 aromatic rings. The number of anilines is 1. The van der Waals surface area contributed by atoms with Crippen molar-refractivity contribution in [1.82, 2.24) is 19.6 Å². The highest BCUT2D eigenvalue weighted by Crippen LogP contribution is 2.23. The molecule has 0 unspecified atom stereocenters. The molecule has 0 spiro atoms. The first kappa shape index (κ1) is 15.1. The molecule has 0 N–H and O–H groups in total. The molecule has 1 amide bonds. The van der Waals surface area contributed by atoms with Gasteiger partial charge in [-0.2, -0.15) is 0 Å². The third-order valence-corrected chi connectivity index (χ3v) is 4.54. The summed E-state index contributed by atoms with van der Waals surface area (Å²) in [5, 5.41) is 1.52. The van der Waals surface area contributed by atoms with Gasteiger partial charge in [-0.15, -0.1) is 0 Å². The van der Waals surface area contributed by atoms with Gasteiger partial charge in [-0.1, -0.05) is 0 Å². The molecule has 1 fully saturated rings. The van der Waals surface area contributed by atoms with Crippen LogP contribution < -0.4 is 4.90 Å². The number of hydrogen-bond donors (Lipinski definition) is 0. The van der Waals surface area contributed by atoms with Crippen molar-refractivity contribution < 1.29 is 9.63 Å². The molecule has 7 heteroatoms. The lowest BCUT2D eigenvalue weighted by Gasteiger charge is -2.24. The summed E-state index contributed by atoms with van der Waals surface area (Å²) < 4.78 is 2.23. The predicted octanol–water partition coefficient (Wildman–Crippen LogP) is 1.47. The summed E-state index contributed by atoms with van der Waals surface area (Å²) in [6.07, 6.45) is 6.98. The Kier molecular flexibility index (Phi) is 4.17. The van der Waals surface area contributed by atoms with Crippen LogP contribution in [0.2, 0.25) is 0 Å². The molecule has 2 aliphatic heterocycles. The van der Waals surface area contributed by atoms with Gasteiger partial charge in [-0.05, 0) is 24.6 Å². The summed E-state index contributed by atoms with van der Waals surface area (Å²) in [6, 6.07) is 5.98. The minimum atomic E-state index is 0.0713. The van der Waals surface area contributed by atoms with Crippen molar-refractivity contribution in [3.05, 3.63) is 42.5 Å². The fraction of sp³-hybridized carbons (Fsp3) is 0.471. The Morgan fingerprint density at radius 2 is 2.12 bits per heavy atom. The van der Waals surface area contributed by atoms with Gasteiger partial charge in [0.2, 0.25) is 11.9 Å². The van der Waals surface area contributed by atoms with Crippen molar-refractivity contribution in [2.24, 2.45) is 5.92 Å². The lowest BCUT2D eigenvalue weighted by molar-refractivity contribution is -0.169. The lowest BCUT2D eigenvalue weighted by Crippen LogP contribution is -2.34. The highest BCUT2D eigenvalue weighted by atomic mass is 16.7. The van der Waals surface area contributed by atoms with E-state index < -0.39 is 0 Å². The van der Waals surface area contributed by atoms with E-state index in [9.17, 15) is 4.79 Å². The Morgan fingerprint density at radius 1 is 1.25 bits per heavy atom. The summed E-state index contributed by atoms with van der Waals surface area (Å²) in [4.78, 5) is 28.8. The zero-order valence-corrected chi connectivity index (χ0v) is 13.5. The van der Waals surface area contributed by atoms with Gasteiger partial charge in [0.1, 0.15) is 0 Å². The van der Waals surface area contributed by atoms with Crippen molar-refractivity contribution in [3.63, 3.8) is 0 Å². The molecule has 4 heterocycles. The highest BCUT2D eigenvalue weighted by Gasteiger charge is 2.28. The maximum atomic E-state index is 12.5. The van der Waals surface area contributed by atoms with E-state index >= 15 is 0 Å². The van der Waals surface area contributed by atoms with Gasteiger partial charge in [-0.25, -0.2) is 15.0 Å². The summed E-state index contributed by atoms with van der Waals surface area (Å²) in [6.45, 7) is 3.67. The second kappa shape index (κ2) is 6.60. The minimum Gasteiger partial charge on any atom is -0.349 e. The smallest absolute Gasteiger partial charge is 0.246 e. The number of carbonyl (C=O) groups excluding carboxylic acids is 1. The third-order valence-electron chi connectivity index (χ3n) is 4.54. The molecule has 0 radical (unpaired) electrons. The van der Waals surface area contributed by atoms with E-state index in [2.05, 4.69) is 31.7 Å². The van der Waals surface area contributed by atoms with E-state index in [0.29, 0.717) is 25.5 Å². The van der Waals surface area contributed by atoms with Crippen molar-refractivity contribution in [2.45, 2.75) is 25.9 Å². The van der Waals surface area contributed by atoms with Gasteiger partial charge in [0.15, 0.2) is 0 Å². The monoisotopic (exact) mass is 327 g/mol. The maximum Gasteiger partial charge on any atom is 0.246 e. The van der Waals surface area contributed by atoms with Crippen LogP contribution in [0.3, 0.4) is 0 Å². The van der Waals surface area contributed by atoms with Crippen LogP contribution in [0.4, 0.5) is 5.95 Å². The molecule has 2 aromatic heterocycles. The standard InChI is InChI=1S/C17H21N5O2/c23-16(22-8-3-9-24-22)10-14-11-20-7-1-4-15(20)13-21(12-14)17-18-5-2-6-19-17/h1-2,4-7,14H,3,8-13H2/t14-/m0/s1. The van der Waals surface area contributed by atoms with Crippen LogP contribution in [-0.4, -0.2) is 45.2 Å². The molecule has 1 saturated heterocycles. The molecule has 7 nitrogen and oxygen atoms in total. The molecule has 1 atom stereocenters. The maximum absolute atomic E-state index is 12.5. The van der Waals surface area contributed by atoms with E-state index in [4.69, 9.17) is 4.84 Å². The zero-order chi connectivity index (χ0) is 16.4. The third kappa shape index (κ3) is 3.12. The van der Waals surface area contributed by atoms with Crippen molar-refractivity contribution in [2.75, 3.05) is 24.6 Å². The Labute approximate surface area is 140 Å². The number of rotatable bonds is 3. The van der Waals surface area contributed by atoms with Crippen molar-refractivity contribution >= 4 is 11.9 Å². The van der Waals surface area contributed by atoms with E-state index in [1.165, 1.54) is 10.8 Å². The minimum absolute atomic E-state index is 0.0713. The zero-order valence-electron chi connectivity index (χ0n) is 13.5. The SMILES string of the molecule is O=C(C[C@@H]1CN(c2ncccn2)Cc2cccn2C1)N1CCCO1. The number of nitrogens with zero attached hydrogens (tertiary/aromatic N) is 5. The first-order valence-electron chi connectivity index (χ1n) is 8.39. The van der Waals surface area contributed by atoms with E-state index in [-0.39, 0.29) is 11.8 Å². The quantitative estimate of drug-likeness (QED) is 0.854. The van der Waals surface area contributed by atoms with Crippen molar-refractivity contribution in [3.8, 4) is 0 Å². The van der Waals surface area contributed by atoms with E-state index in [1.807, 2.05) is 12.1 Å². The Hall–Kier alpha value is -2.41. The van der Waals surface area contributed by atoms with Gasteiger partial charge in [0.05, 0.1) is 19.7 Å². The molecule has 2 aliphatic rings. The lowest BCUT2D eigenvalue weighted by atomic mass is 10.0. The second-order valence-corrected chi connectivity index (χ2v) is 6.33. The molecule has 0 aliphatic carbocycles. The first-order valence-corrected chi connectivity index (χ1v) is 8.39. The van der Waals surface area contributed by atoms with Crippen LogP contribution in [0.15, 0.2) is 36.8 Å². The second-order valence-electron chi connectivity index (χ2n) is 6.33. The summed E-state index contributed by atoms with van der Waals surface area (Å²) >= 11 is 0. The number of fused-ring (bicyclic) bond motifs is 1. The average Bonchev–Trinajstić information content (AvgIpc) is 3.25. The predicted molar refractivity (Wildman–Crippen MR) is 87.9 cm³/mol. The molecule has 0 aromatic carbocycles. The first-order chi connectivity index (χ1) is 11.8. The van der Waals surface area contributed by atoms with Crippen LogP contribution in [0.5, 0.6) is 0 Å². The Balaban J connectivity index is 1.54. The van der Waals surface area contributed by atoms with Gasteiger partial charge >= 0.3 is 0 Å².